The monoisotopic (exact) mass is 705 g/mol. The molecular weight excluding hydrogens is 666 g/mol. The maximum atomic E-state index is 14.6. The normalized spacial score (nSPS) is 12.4. The summed E-state index contributed by atoms with van der Waals surface area (Å²) in [5.74, 6) is 0.795. The van der Waals surface area contributed by atoms with E-state index in [0.717, 1.165) is 28.3 Å². The number of aromatic nitrogens is 1. The molecule has 0 spiro atoms. The van der Waals surface area contributed by atoms with E-state index >= 15 is 0 Å². The number of ether oxygens (including phenoxy) is 1. The minimum absolute atomic E-state index is 0. The molecule has 0 bridgehead atoms. The van der Waals surface area contributed by atoms with E-state index in [4.69, 9.17) is 4.74 Å². The number of nitrogens with one attached hydrogen (secondary N) is 1. The summed E-state index contributed by atoms with van der Waals surface area (Å²) in [7, 11) is -3.43. The lowest BCUT2D eigenvalue weighted by molar-refractivity contribution is 0.414. The average molecular weight is 706 g/mol. The van der Waals surface area contributed by atoms with Gasteiger partial charge in [0.15, 0.2) is 0 Å². The van der Waals surface area contributed by atoms with Crippen molar-refractivity contribution in [3.05, 3.63) is 151 Å². The molecule has 0 fully saturated rings. The predicted octanol–water partition coefficient (Wildman–Crippen LogP) is 7.63. The second-order valence-corrected chi connectivity index (χ2v) is 18.0. The van der Waals surface area contributed by atoms with E-state index in [1.807, 2.05) is 105 Å². The van der Waals surface area contributed by atoms with Crippen molar-refractivity contribution >= 4 is 64.9 Å². The summed E-state index contributed by atoms with van der Waals surface area (Å²) in [5, 5.41) is 2.96. The highest BCUT2D eigenvalue weighted by Crippen LogP contribution is 2.45. The molecule has 0 saturated heterocycles. The molecule has 6 rings (SSSR count). The lowest BCUT2D eigenvalue weighted by atomic mass is 10.0. The second kappa shape index (κ2) is 15.7. The molecule has 0 aliphatic carbocycles. The maximum Gasteiger partial charge on any atom is 0.268 e. The fraction of sp³-hybridized carbons (Fsp3) is 0.179. The maximum absolute atomic E-state index is 14.6. The number of anilines is 1. The van der Waals surface area contributed by atoms with Crippen molar-refractivity contribution in [3.63, 3.8) is 0 Å². The fourth-order valence-electron chi connectivity index (χ4n) is 5.75. The summed E-state index contributed by atoms with van der Waals surface area (Å²) < 4.78 is 53.0. The van der Waals surface area contributed by atoms with Gasteiger partial charge in [0.2, 0.25) is 0 Å². The van der Waals surface area contributed by atoms with Gasteiger partial charge in [-0.3, -0.25) is 0 Å². The van der Waals surface area contributed by atoms with Crippen LogP contribution in [0.25, 0.3) is 10.9 Å². The van der Waals surface area contributed by atoms with E-state index in [1.54, 1.807) is 31.4 Å². The van der Waals surface area contributed by atoms with Crippen LogP contribution in [0.2, 0.25) is 0 Å². The Labute approximate surface area is 296 Å². The standard InChI is InChI=1S/C39H39N2O4PS2.B/c1-39(2,28-27-30-23-25-31(45-3)26-24-30)47(42)40-38-35-21-13-14-22-36(35)41(48(43,44)34-19-11-6-12-20-34)37(38)29-46(32-15-7-4-8-16-32)33-17-9-5-10-18-33;/h4-26,40H,27-29H2,1-3H3;. The van der Waals surface area contributed by atoms with Crippen molar-refractivity contribution in [1.29, 1.82) is 0 Å². The van der Waals surface area contributed by atoms with Crippen LogP contribution in [0.5, 0.6) is 5.75 Å². The number of para-hydroxylation sites is 1. The van der Waals surface area contributed by atoms with Crippen molar-refractivity contribution in [2.45, 2.75) is 42.5 Å². The molecule has 1 N–H and O–H groups in total. The highest BCUT2D eigenvalue weighted by Gasteiger charge is 2.36. The highest BCUT2D eigenvalue weighted by molar-refractivity contribution is 7.94. The molecule has 1 heterocycles. The van der Waals surface area contributed by atoms with Gasteiger partial charge in [0, 0.05) is 26.4 Å². The zero-order chi connectivity index (χ0) is 33.7. The number of hydrogen-bond donors (Lipinski definition) is 1. The van der Waals surface area contributed by atoms with Crippen LogP contribution in [0.3, 0.4) is 0 Å². The Bertz CT molecular complexity index is 2040. The summed E-state index contributed by atoms with van der Waals surface area (Å²) in [5.41, 5.74) is 2.84. The van der Waals surface area contributed by atoms with Gasteiger partial charge in [-0.15, -0.1) is 0 Å². The van der Waals surface area contributed by atoms with Gasteiger partial charge in [0.1, 0.15) is 16.2 Å². The average Bonchev–Trinajstić information content (AvgIpc) is 3.44. The lowest BCUT2D eigenvalue weighted by Crippen LogP contribution is -2.37. The molecule has 49 heavy (non-hydrogen) atoms. The van der Waals surface area contributed by atoms with Gasteiger partial charge in [-0.1, -0.05) is 109 Å². The molecule has 0 aliphatic heterocycles. The van der Waals surface area contributed by atoms with Crippen LogP contribution in [0.15, 0.2) is 144 Å². The molecule has 10 heteroatoms. The third kappa shape index (κ3) is 7.92. The Morgan fingerprint density at radius 3 is 1.88 bits per heavy atom. The van der Waals surface area contributed by atoms with Gasteiger partial charge in [0.05, 0.1) is 34.6 Å². The van der Waals surface area contributed by atoms with Crippen molar-refractivity contribution in [1.82, 2.24) is 3.97 Å². The first-order valence-corrected chi connectivity index (χ1v) is 19.9. The van der Waals surface area contributed by atoms with E-state index in [9.17, 15) is 13.0 Å². The Morgan fingerprint density at radius 2 is 1.31 bits per heavy atom. The van der Waals surface area contributed by atoms with Crippen LogP contribution in [0, 0.1) is 0 Å². The number of benzene rings is 5. The zero-order valence-corrected chi connectivity index (χ0v) is 30.3. The third-order valence-electron chi connectivity index (χ3n) is 8.52. The summed E-state index contributed by atoms with van der Waals surface area (Å²) in [6.07, 6.45) is 1.79. The predicted molar refractivity (Wildman–Crippen MR) is 207 cm³/mol. The van der Waals surface area contributed by atoms with Gasteiger partial charge >= 0.3 is 0 Å². The quantitative estimate of drug-likeness (QED) is 0.0760. The number of rotatable bonds is 13. The first kappa shape index (κ1) is 36.3. The molecule has 1 unspecified atom stereocenters. The Kier molecular flexibility index (Phi) is 11.6. The topological polar surface area (TPSA) is 83.4 Å². The number of methoxy groups -OCH3 is 1. The molecular formula is C39H39BN2O4PS2. The van der Waals surface area contributed by atoms with E-state index in [2.05, 4.69) is 29.0 Å². The van der Waals surface area contributed by atoms with Crippen molar-refractivity contribution in [2.24, 2.45) is 0 Å². The minimum Gasteiger partial charge on any atom is -0.593 e. The molecule has 0 saturated carbocycles. The molecule has 1 aromatic heterocycles. The summed E-state index contributed by atoms with van der Waals surface area (Å²) in [6, 6.07) is 44.4. The molecule has 6 aromatic rings. The first-order valence-electron chi connectivity index (χ1n) is 15.8. The van der Waals surface area contributed by atoms with Crippen molar-refractivity contribution in [3.8, 4) is 5.75 Å². The van der Waals surface area contributed by atoms with Gasteiger partial charge in [-0.25, -0.2) is 17.1 Å². The minimum atomic E-state index is -4.03. The summed E-state index contributed by atoms with van der Waals surface area (Å²) in [6.45, 7) is 3.97. The molecule has 249 valence electrons. The summed E-state index contributed by atoms with van der Waals surface area (Å²) >= 11 is -1.56. The van der Waals surface area contributed by atoms with Gasteiger partial charge < -0.3 is 9.29 Å². The number of nitrogens with zero attached hydrogens (tertiary/aromatic N) is 1. The SMILES string of the molecule is COc1ccc(CCC(C)(C)[S+]([O-])Nc2c(CP(c3ccccc3)c3ccccc3)n(S(=O)(=O)c3ccccc3)c3ccccc23)cc1.[B]. The first-order chi connectivity index (χ1) is 23.2. The Balaban J connectivity index is 0.00000468. The highest BCUT2D eigenvalue weighted by atomic mass is 32.2. The Morgan fingerprint density at radius 1 is 0.776 bits per heavy atom. The van der Waals surface area contributed by atoms with Crippen LogP contribution >= 0.6 is 7.92 Å². The molecule has 5 aromatic carbocycles. The van der Waals surface area contributed by atoms with E-state index in [1.165, 1.54) is 3.97 Å². The van der Waals surface area contributed by atoms with E-state index in [-0.39, 0.29) is 13.3 Å². The van der Waals surface area contributed by atoms with Gasteiger partial charge in [-0.05, 0) is 74.7 Å². The third-order valence-corrected chi connectivity index (χ3v) is 14.3. The molecule has 3 radical (unpaired) electrons. The van der Waals surface area contributed by atoms with E-state index in [0.29, 0.717) is 34.9 Å². The van der Waals surface area contributed by atoms with Crippen molar-refractivity contribution in [2.75, 3.05) is 11.8 Å². The van der Waals surface area contributed by atoms with Crippen LogP contribution in [-0.4, -0.2) is 37.2 Å². The number of aryl methyl sites for hydroxylation is 1. The number of hydrogen-bond acceptors (Lipinski definition) is 5. The van der Waals surface area contributed by atoms with Crippen LogP contribution < -0.4 is 20.1 Å². The van der Waals surface area contributed by atoms with Crippen molar-refractivity contribution < 1.29 is 17.7 Å². The van der Waals surface area contributed by atoms with E-state index < -0.39 is 34.1 Å². The van der Waals surface area contributed by atoms with Crippen LogP contribution in [0.4, 0.5) is 5.69 Å². The largest absolute Gasteiger partial charge is 0.593 e. The smallest absolute Gasteiger partial charge is 0.268 e. The molecule has 1 atom stereocenters. The lowest BCUT2D eigenvalue weighted by Gasteiger charge is -2.29. The zero-order valence-electron chi connectivity index (χ0n) is 27.8. The fourth-order valence-corrected chi connectivity index (χ4v) is 10.7. The molecule has 6 nitrogen and oxygen atoms in total. The second-order valence-electron chi connectivity index (χ2n) is 12.2. The Hall–Kier alpha value is -4.01. The number of fused-ring (bicyclic) bond motifs is 1. The van der Waals surface area contributed by atoms with Gasteiger partial charge in [-0.2, -0.15) is 0 Å². The van der Waals surface area contributed by atoms with Gasteiger partial charge in [0.25, 0.3) is 10.0 Å². The van der Waals surface area contributed by atoms with Crippen LogP contribution in [0.1, 0.15) is 31.5 Å². The molecule has 0 amide bonds. The summed E-state index contributed by atoms with van der Waals surface area (Å²) in [4.78, 5) is 0.197. The molecule has 0 aliphatic rings. The van der Waals surface area contributed by atoms with Crippen LogP contribution in [-0.2, 0) is 34.0 Å².